The first kappa shape index (κ1) is 17.7. The standard InChI is InChI=1S/C22H24N4S/c1-14-11-15(2)19(16(3)12-14)27-21-18-9-10-26(20(18)24-22(23)25-21)13-17-7-5-4-6-8-17/h4-12,21H,13H2,1-3H3,(H3,23,24,25). The van der Waals surface area contributed by atoms with Crippen molar-refractivity contribution >= 4 is 23.5 Å². The van der Waals surface area contributed by atoms with E-state index < -0.39 is 0 Å². The Kier molecular flexibility index (Phi) is 4.70. The topological polar surface area (TPSA) is 55.3 Å². The average molecular weight is 377 g/mol. The molecule has 1 aromatic heterocycles. The Morgan fingerprint density at radius 3 is 2.48 bits per heavy atom. The van der Waals surface area contributed by atoms with Gasteiger partial charge in [-0.2, -0.15) is 0 Å². The molecule has 4 nitrogen and oxygen atoms in total. The molecule has 0 bridgehead atoms. The molecule has 0 saturated carbocycles. The van der Waals surface area contributed by atoms with Crippen LogP contribution in [-0.4, -0.2) is 10.5 Å². The second kappa shape index (κ2) is 7.16. The molecule has 1 unspecified atom stereocenters. The van der Waals surface area contributed by atoms with Crippen LogP contribution in [-0.2, 0) is 6.54 Å². The summed E-state index contributed by atoms with van der Waals surface area (Å²) in [6, 6.07) is 17.0. The van der Waals surface area contributed by atoms with Gasteiger partial charge in [0.1, 0.15) is 11.2 Å². The maximum absolute atomic E-state index is 6.13. The first-order chi connectivity index (χ1) is 13.0. The number of aryl methyl sites for hydroxylation is 3. The Morgan fingerprint density at radius 1 is 1.07 bits per heavy atom. The molecule has 0 aliphatic carbocycles. The number of aliphatic imine (C=N–C) groups is 1. The third-order valence-corrected chi connectivity index (χ3v) is 6.26. The summed E-state index contributed by atoms with van der Waals surface area (Å²) >= 11 is 1.77. The number of nitrogens with two attached hydrogens (primary N) is 1. The third kappa shape index (κ3) is 3.60. The van der Waals surface area contributed by atoms with Crippen LogP contribution in [0.4, 0.5) is 5.82 Å². The highest BCUT2D eigenvalue weighted by Gasteiger charge is 2.25. The summed E-state index contributed by atoms with van der Waals surface area (Å²) in [5.74, 6) is 1.50. The van der Waals surface area contributed by atoms with Crippen molar-refractivity contribution in [2.75, 3.05) is 5.32 Å². The number of anilines is 1. The first-order valence-electron chi connectivity index (χ1n) is 9.09. The lowest BCUT2D eigenvalue weighted by Crippen LogP contribution is -2.28. The molecule has 0 saturated heterocycles. The van der Waals surface area contributed by atoms with Crippen LogP contribution in [0.15, 0.2) is 64.6 Å². The van der Waals surface area contributed by atoms with E-state index in [0.717, 1.165) is 12.4 Å². The number of aromatic nitrogens is 1. The van der Waals surface area contributed by atoms with E-state index in [2.05, 4.69) is 84.3 Å². The van der Waals surface area contributed by atoms with Gasteiger partial charge in [-0.15, -0.1) is 0 Å². The van der Waals surface area contributed by atoms with Crippen molar-refractivity contribution in [3.63, 3.8) is 0 Å². The second-order valence-electron chi connectivity index (χ2n) is 7.07. The summed E-state index contributed by atoms with van der Waals surface area (Å²) in [5, 5.41) is 3.22. The largest absolute Gasteiger partial charge is 0.370 e. The molecule has 3 aromatic rings. The Labute approximate surface area is 164 Å². The highest BCUT2D eigenvalue weighted by Crippen LogP contribution is 2.44. The Hall–Kier alpha value is -2.66. The van der Waals surface area contributed by atoms with Crippen molar-refractivity contribution < 1.29 is 0 Å². The van der Waals surface area contributed by atoms with Gasteiger partial charge in [-0.1, -0.05) is 59.8 Å². The van der Waals surface area contributed by atoms with Crippen LogP contribution in [0.25, 0.3) is 0 Å². The quantitative estimate of drug-likeness (QED) is 0.674. The van der Waals surface area contributed by atoms with E-state index in [-0.39, 0.29) is 5.37 Å². The number of hydrogen-bond donors (Lipinski definition) is 2. The molecular weight excluding hydrogens is 352 g/mol. The van der Waals surface area contributed by atoms with E-state index in [4.69, 9.17) is 5.73 Å². The van der Waals surface area contributed by atoms with Crippen molar-refractivity contribution in [3.8, 4) is 0 Å². The zero-order valence-corrected chi connectivity index (χ0v) is 16.7. The summed E-state index contributed by atoms with van der Waals surface area (Å²) in [7, 11) is 0. The number of fused-ring (bicyclic) bond motifs is 1. The van der Waals surface area contributed by atoms with Gasteiger partial charge in [0.05, 0.1) is 0 Å². The monoisotopic (exact) mass is 376 g/mol. The summed E-state index contributed by atoms with van der Waals surface area (Å²) in [5.41, 5.74) is 12.4. The number of nitrogens with zero attached hydrogens (tertiary/aromatic N) is 2. The fraction of sp³-hybridized carbons (Fsp3) is 0.227. The molecule has 0 amide bonds. The van der Waals surface area contributed by atoms with E-state index in [0.29, 0.717) is 5.96 Å². The molecular formula is C22H24N4S. The van der Waals surface area contributed by atoms with Crippen LogP contribution >= 0.6 is 11.8 Å². The van der Waals surface area contributed by atoms with Crippen LogP contribution in [0.5, 0.6) is 0 Å². The highest BCUT2D eigenvalue weighted by atomic mass is 32.2. The predicted octanol–water partition coefficient (Wildman–Crippen LogP) is 4.99. The van der Waals surface area contributed by atoms with Crippen LogP contribution in [0, 0.1) is 20.8 Å². The Morgan fingerprint density at radius 2 is 1.78 bits per heavy atom. The molecule has 2 heterocycles. The molecule has 1 aliphatic rings. The zero-order valence-electron chi connectivity index (χ0n) is 15.9. The molecule has 0 spiro atoms. The number of guanidine groups is 1. The number of rotatable bonds is 4. The molecule has 1 aliphatic heterocycles. The Balaban J connectivity index is 1.66. The molecule has 3 N–H and O–H groups in total. The molecule has 1 atom stereocenters. The lowest BCUT2D eigenvalue weighted by molar-refractivity contribution is 0.807. The minimum absolute atomic E-state index is 0.0432. The fourth-order valence-corrected chi connectivity index (χ4v) is 4.84. The molecule has 4 rings (SSSR count). The van der Waals surface area contributed by atoms with E-state index in [1.54, 1.807) is 11.8 Å². The fourth-order valence-electron chi connectivity index (χ4n) is 3.65. The van der Waals surface area contributed by atoms with Crippen LogP contribution in [0.2, 0.25) is 0 Å². The van der Waals surface area contributed by atoms with E-state index >= 15 is 0 Å². The van der Waals surface area contributed by atoms with E-state index in [1.807, 2.05) is 6.07 Å². The van der Waals surface area contributed by atoms with Gasteiger partial charge in [0.25, 0.3) is 0 Å². The maximum atomic E-state index is 6.13. The highest BCUT2D eigenvalue weighted by molar-refractivity contribution is 7.99. The van der Waals surface area contributed by atoms with Crippen LogP contribution < -0.4 is 11.1 Å². The van der Waals surface area contributed by atoms with Crippen LogP contribution in [0.3, 0.4) is 0 Å². The average Bonchev–Trinajstić information content (AvgIpc) is 3.01. The minimum Gasteiger partial charge on any atom is -0.370 e. The number of hydrogen-bond acceptors (Lipinski definition) is 4. The van der Waals surface area contributed by atoms with Crippen LogP contribution in [0.1, 0.15) is 33.2 Å². The molecule has 5 heteroatoms. The lowest BCUT2D eigenvalue weighted by Gasteiger charge is -2.23. The maximum Gasteiger partial charge on any atom is 0.195 e. The third-order valence-electron chi connectivity index (χ3n) is 4.79. The SMILES string of the molecule is Cc1cc(C)c(SC2N=C(N)Nc3c2ccn3Cc2ccccc2)c(C)c1. The van der Waals surface area contributed by atoms with E-state index in [9.17, 15) is 0 Å². The first-order valence-corrected chi connectivity index (χ1v) is 9.97. The molecule has 2 aromatic carbocycles. The van der Waals surface area contributed by atoms with Crippen molar-refractivity contribution in [1.29, 1.82) is 0 Å². The zero-order chi connectivity index (χ0) is 19.0. The summed E-state index contributed by atoms with van der Waals surface area (Å²) < 4.78 is 2.20. The summed E-state index contributed by atoms with van der Waals surface area (Å²) in [6.45, 7) is 7.27. The van der Waals surface area contributed by atoms with Gasteiger partial charge in [-0.05, 0) is 43.5 Å². The minimum atomic E-state index is -0.0432. The van der Waals surface area contributed by atoms with Gasteiger partial charge < -0.3 is 15.6 Å². The van der Waals surface area contributed by atoms with Gasteiger partial charge in [-0.25, -0.2) is 4.99 Å². The van der Waals surface area contributed by atoms with Gasteiger partial charge in [0.15, 0.2) is 5.96 Å². The lowest BCUT2D eigenvalue weighted by atomic mass is 10.1. The summed E-state index contributed by atoms with van der Waals surface area (Å²) in [6.07, 6.45) is 2.11. The molecule has 138 valence electrons. The normalized spacial score (nSPS) is 15.8. The van der Waals surface area contributed by atoms with Crippen molar-refractivity contribution in [2.45, 2.75) is 37.6 Å². The van der Waals surface area contributed by atoms with Crippen molar-refractivity contribution in [3.05, 3.63) is 82.5 Å². The predicted molar refractivity (Wildman–Crippen MR) is 114 cm³/mol. The summed E-state index contributed by atoms with van der Waals surface area (Å²) in [4.78, 5) is 5.96. The number of benzene rings is 2. The van der Waals surface area contributed by atoms with Gasteiger partial charge in [0.2, 0.25) is 0 Å². The second-order valence-corrected chi connectivity index (χ2v) is 8.16. The van der Waals surface area contributed by atoms with E-state index in [1.165, 1.54) is 32.7 Å². The van der Waals surface area contributed by atoms with Gasteiger partial charge in [-0.3, -0.25) is 0 Å². The van der Waals surface area contributed by atoms with Gasteiger partial charge >= 0.3 is 0 Å². The number of nitrogens with one attached hydrogen (secondary N) is 1. The number of thioether (sulfide) groups is 1. The molecule has 0 fully saturated rings. The van der Waals surface area contributed by atoms with Crippen molar-refractivity contribution in [2.24, 2.45) is 10.7 Å². The van der Waals surface area contributed by atoms with Gasteiger partial charge in [0, 0.05) is 23.2 Å². The molecule has 0 radical (unpaired) electrons. The van der Waals surface area contributed by atoms with Crippen molar-refractivity contribution in [1.82, 2.24) is 4.57 Å². The smallest absolute Gasteiger partial charge is 0.195 e. The Bertz CT molecular complexity index is 981. The molecule has 27 heavy (non-hydrogen) atoms.